The topological polar surface area (TPSA) is 64.6 Å². The molecule has 5 heteroatoms. The second-order valence-electron chi connectivity index (χ2n) is 7.90. The van der Waals surface area contributed by atoms with Crippen molar-refractivity contribution in [1.29, 1.82) is 0 Å². The zero-order valence-corrected chi connectivity index (χ0v) is 16.0. The van der Waals surface area contributed by atoms with Gasteiger partial charge >= 0.3 is 0 Å². The van der Waals surface area contributed by atoms with Gasteiger partial charge in [0.25, 0.3) is 0 Å². The molecule has 1 amide bonds. The molecule has 1 atom stereocenters. The number of amides is 1. The molecule has 1 heterocycles. The summed E-state index contributed by atoms with van der Waals surface area (Å²) in [6, 6.07) is 5.70. The van der Waals surface area contributed by atoms with Crippen molar-refractivity contribution in [3.8, 4) is 11.5 Å². The van der Waals surface area contributed by atoms with Gasteiger partial charge in [0.1, 0.15) is 0 Å². The Morgan fingerprint density at radius 3 is 2.65 bits per heavy atom. The van der Waals surface area contributed by atoms with Crippen LogP contribution < -0.4 is 14.8 Å². The summed E-state index contributed by atoms with van der Waals surface area (Å²) in [5.41, 5.74) is 2.34. The van der Waals surface area contributed by atoms with E-state index >= 15 is 0 Å². The Kier molecular flexibility index (Phi) is 5.08. The first-order chi connectivity index (χ1) is 12.3. The van der Waals surface area contributed by atoms with Crippen LogP contribution >= 0.6 is 0 Å². The van der Waals surface area contributed by atoms with E-state index in [2.05, 4.69) is 19.2 Å². The number of ketones is 1. The number of allylic oxidation sites excluding steroid dienone is 2. The van der Waals surface area contributed by atoms with Crippen molar-refractivity contribution in [3.63, 3.8) is 0 Å². The van der Waals surface area contributed by atoms with Gasteiger partial charge in [0.2, 0.25) is 5.91 Å². The number of Topliss-reactive ketones (excluding diaryl/α,β-unsaturated/α-hetero) is 1. The van der Waals surface area contributed by atoms with Gasteiger partial charge in [-0.2, -0.15) is 0 Å². The van der Waals surface area contributed by atoms with E-state index in [1.807, 2.05) is 25.1 Å². The Hall–Kier alpha value is -2.30. The number of methoxy groups -OCH3 is 1. The average Bonchev–Trinajstić information content (AvgIpc) is 2.57. The minimum absolute atomic E-state index is 0.0375. The van der Waals surface area contributed by atoms with Crippen LogP contribution in [0.15, 0.2) is 29.5 Å². The highest BCUT2D eigenvalue weighted by Gasteiger charge is 2.40. The van der Waals surface area contributed by atoms with Crippen LogP contribution in [-0.2, 0) is 9.59 Å². The van der Waals surface area contributed by atoms with Gasteiger partial charge in [-0.15, -0.1) is 0 Å². The van der Waals surface area contributed by atoms with Crippen molar-refractivity contribution < 1.29 is 19.1 Å². The summed E-state index contributed by atoms with van der Waals surface area (Å²) in [5, 5.41) is 2.94. The predicted octanol–water partition coefficient (Wildman–Crippen LogP) is 3.73. The number of carbonyl (C=O) groups excluding carboxylic acids is 2. The lowest BCUT2D eigenvalue weighted by atomic mass is 9.70. The third-order valence-electron chi connectivity index (χ3n) is 5.00. The molecule has 0 unspecified atom stereocenters. The van der Waals surface area contributed by atoms with Crippen LogP contribution in [-0.4, -0.2) is 25.4 Å². The molecule has 2 aliphatic rings. The fraction of sp³-hybridized carbons (Fsp3) is 0.524. The van der Waals surface area contributed by atoms with Crippen LogP contribution in [0.25, 0.3) is 0 Å². The first-order valence-corrected chi connectivity index (χ1v) is 9.21. The summed E-state index contributed by atoms with van der Waals surface area (Å²) in [6.07, 6.45) is 2.41. The van der Waals surface area contributed by atoms with Gasteiger partial charge in [-0.1, -0.05) is 26.8 Å². The van der Waals surface area contributed by atoms with Crippen LogP contribution in [0.2, 0.25) is 0 Å². The van der Waals surface area contributed by atoms with Crippen LogP contribution in [0.3, 0.4) is 0 Å². The van der Waals surface area contributed by atoms with E-state index in [1.54, 1.807) is 7.11 Å². The average molecular weight is 357 g/mol. The second kappa shape index (κ2) is 7.14. The van der Waals surface area contributed by atoms with Gasteiger partial charge in [0.15, 0.2) is 17.3 Å². The Morgan fingerprint density at radius 2 is 1.96 bits per heavy atom. The number of hydrogen-bond acceptors (Lipinski definition) is 4. The molecule has 26 heavy (non-hydrogen) atoms. The van der Waals surface area contributed by atoms with Crippen LogP contribution in [0.1, 0.15) is 57.9 Å². The summed E-state index contributed by atoms with van der Waals surface area (Å²) in [7, 11) is 1.60. The standard InChI is InChI=1S/C21H27NO4/c1-5-8-26-17-7-6-13(9-18(17)25-4)14-10-19(24)22-15-11-21(2,3)12-16(23)20(14)15/h6-7,9,14H,5,8,10-12H2,1-4H3,(H,22,24)/t14-/m0/s1. The van der Waals surface area contributed by atoms with E-state index in [-0.39, 0.29) is 29.4 Å². The third-order valence-corrected chi connectivity index (χ3v) is 5.00. The van der Waals surface area contributed by atoms with Crippen molar-refractivity contribution in [2.75, 3.05) is 13.7 Å². The normalized spacial score (nSPS) is 21.9. The molecule has 0 bridgehead atoms. The zero-order chi connectivity index (χ0) is 18.9. The van der Waals surface area contributed by atoms with Crippen LogP contribution in [0.4, 0.5) is 0 Å². The highest BCUT2D eigenvalue weighted by Crippen LogP contribution is 2.45. The van der Waals surface area contributed by atoms with E-state index < -0.39 is 0 Å². The van der Waals surface area contributed by atoms with Crippen molar-refractivity contribution in [2.45, 2.75) is 52.4 Å². The van der Waals surface area contributed by atoms with Gasteiger partial charge in [0.05, 0.1) is 13.7 Å². The second-order valence-corrected chi connectivity index (χ2v) is 7.90. The molecule has 1 aliphatic heterocycles. The maximum absolute atomic E-state index is 12.8. The Balaban J connectivity index is 1.99. The van der Waals surface area contributed by atoms with Crippen molar-refractivity contribution in [3.05, 3.63) is 35.0 Å². The summed E-state index contributed by atoms with van der Waals surface area (Å²) >= 11 is 0. The van der Waals surface area contributed by atoms with E-state index in [1.165, 1.54) is 0 Å². The fourth-order valence-electron chi connectivity index (χ4n) is 3.87. The Labute approximate surface area is 154 Å². The van der Waals surface area contributed by atoms with E-state index in [0.29, 0.717) is 30.9 Å². The molecule has 0 spiro atoms. The maximum atomic E-state index is 12.8. The van der Waals surface area contributed by atoms with Gasteiger partial charge in [0, 0.05) is 30.0 Å². The van der Waals surface area contributed by atoms with Gasteiger partial charge in [-0.25, -0.2) is 0 Å². The van der Waals surface area contributed by atoms with Crippen LogP contribution in [0, 0.1) is 5.41 Å². The molecule has 1 aromatic carbocycles. The van der Waals surface area contributed by atoms with Crippen LogP contribution in [0.5, 0.6) is 11.5 Å². The third kappa shape index (κ3) is 3.62. The lowest BCUT2D eigenvalue weighted by Gasteiger charge is -2.37. The van der Waals surface area contributed by atoms with Crippen molar-refractivity contribution in [2.24, 2.45) is 5.41 Å². The first-order valence-electron chi connectivity index (χ1n) is 9.21. The summed E-state index contributed by atoms with van der Waals surface area (Å²) < 4.78 is 11.2. The molecule has 1 aromatic rings. The Morgan fingerprint density at radius 1 is 1.19 bits per heavy atom. The highest BCUT2D eigenvalue weighted by atomic mass is 16.5. The first kappa shape index (κ1) is 18.5. The molecule has 5 nitrogen and oxygen atoms in total. The molecular weight excluding hydrogens is 330 g/mol. The molecule has 0 saturated carbocycles. The monoisotopic (exact) mass is 357 g/mol. The van der Waals surface area contributed by atoms with Gasteiger partial charge < -0.3 is 14.8 Å². The summed E-state index contributed by atoms with van der Waals surface area (Å²) in [6.45, 7) is 6.79. The summed E-state index contributed by atoms with van der Waals surface area (Å²) in [4.78, 5) is 25.1. The lowest BCUT2D eigenvalue weighted by Crippen LogP contribution is -2.40. The fourth-order valence-corrected chi connectivity index (χ4v) is 3.87. The van der Waals surface area contributed by atoms with Gasteiger partial charge in [-0.05, 0) is 36.0 Å². The molecule has 1 N–H and O–H groups in total. The van der Waals surface area contributed by atoms with Crippen molar-refractivity contribution >= 4 is 11.7 Å². The highest BCUT2D eigenvalue weighted by molar-refractivity contribution is 6.02. The van der Waals surface area contributed by atoms with E-state index in [4.69, 9.17) is 9.47 Å². The number of rotatable bonds is 5. The van der Waals surface area contributed by atoms with E-state index in [0.717, 1.165) is 23.3 Å². The molecular formula is C21H27NO4. The Bertz CT molecular complexity index is 763. The number of ether oxygens (including phenoxy) is 2. The number of nitrogens with one attached hydrogen (secondary N) is 1. The predicted molar refractivity (Wildman–Crippen MR) is 99.3 cm³/mol. The molecule has 3 rings (SSSR count). The zero-order valence-electron chi connectivity index (χ0n) is 16.0. The number of hydrogen-bond donors (Lipinski definition) is 1. The van der Waals surface area contributed by atoms with E-state index in [9.17, 15) is 9.59 Å². The molecule has 1 aliphatic carbocycles. The smallest absolute Gasteiger partial charge is 0.225 e. The summed E-state index contributed by atoms with van der Waals surface area (Å²) in [5.74, 6) is 1.18. The molecule has 140 valence electrons. The molecule has 0 fully saturated rings. The largest absolute Gasteiger partial charge is 0.493 e. The minimum atomic E-state index is -0.225. The quantitative estimate of drug-likeness (QED) is 0.872. The molecule has 0 aromatic heterocycles. The number of benzene rings is 1. The van der Waals surface area contributed by atoms with Gasteiger partial charge in [-0.3, -0.25) is 9.59 Å². The maximum Gasteiger partial charge on any atom is 0.225 e. The SMILES string of the molecule is CCCOc1ccc([C@@H]2CC(=O)NC3=C2C(=O)CC(C)(C)C3)cc1OC. The lowest BCUT2D eigenvalue weighted by molar-refractivity contribution is -0.122. The molecule has 0 radical (unpaired) electrons. The number of carbonyl (C=O) groups is 2. The van der Waals surface area contributed by atoms with Crippen molar-refractivity contribution in [1.82, 2.24) is 5.32 Å². The minimum Gasteiger partial charge on any atom is -0.493 e. The molecule has 0 saturated heterocycles.